The van der Waals surface area contributed by atoms with Crippen LogP contribution in [0.2, 0.25) is 0 Å². The molecule has 0 aliphatic carbocycles. The molecule has 1 aromatic rings. The van der Waals surface area contributed by atoms with Crippen molar-refractivity contribution in [2.75, 3.05) is 0 Å². The van der Waals surface area contributed by atoms with E-state index in [9.17, 15) is 8.42 Å². The van der Waals surface area contributed by atoms with Crippen molar-refractivity contribution in [1.82, 2.24) is 4.57 Å². The number of hydrogen-bond acceptors (Lipinski definition) is 4. The molecule has 1 aliphatic rings. The molecule has 0 bridgehead atoms. The maximum Gasteiger partial charge on any atom is 0.326 e. The Labute approximate surface area is 99.5 Å². The number of aromatic nitrogens is 1. The standard InChI is InChI=1S/C10H15NO3S2/c1-8-4-5-9(2)11(8)7-6-10(3)14-16(12,13)15-10/h4-5H,6-7H2,1-3H3. The summed E-state index contributed by atoms with van der Waals surface area (Å²) in [6, 6.07) is 4.12. The molecule has 2 rings (SSSR count). The van der Waals surface area contributed by atoms with Crippen LogP contribution in [0.1, 0.15) is 24.7 Å². The Kier molecular flexibility index (Phi) is 2.84. The van der Waals surface area contributed by atoms with Crippen molar-refractivity contribution in [2.24, 2.45) is 0 Å². The van der Waals surface area contributed by atoms with E-state index in [0.29, 0.717) is 6.42 Å². The molecule has 0 radical (unpaired) electrons. The van der Waals surface area contributed by atoms with Crippen LogP contribution in [0.3, 0.4) is 0 Å². The highest BCUT2D eigenvalue weighted by Crippen LogP contribution is 2.48. The second kappa shape index (κ2) is 3.78. The first-order valence-corrected chi connectivity index (χ1v) is 7.84. The largest absolute Gasteiger partial charge is 0.349 e. The summed E-state index contributed by atoms with van der Waals surface area (Å²) in [6.07, 6.45) is 0.688. The lowest BCUT2D eigenvalue weighted by molar-refractivity contribution is 0.166. The van der Waals surface area contributed by atoms with Gasteiger partial charge >= 0.3 is 9.15 Å². The molecule has 6 heteroatoms. The van der Waals surface area contributed by atoms with Crippen LogP contribution >= 0.6 is 10.8 Å². The Bertz CT molecular complexity index is 473. The van der Waals surface area contributed by atoms with E-state index < -0.39 is 14.1 Å². The molecular weight excluding hydrogens is 246 g/mol. The van der Waals surface area contributed by atoms with Crippen molar-refractivity contribution < 1.29 is 12.6 Å². The van der Waals surface area contributed by atoms with Gasteiger partial charge in [-0.15, -0.1) is 0 Å². The lowest BCUT2D eigenvalue weighted by Crippen LogP contribution is -2.39. The van der Waals surface area contributed by atoms with Gasteiger partial charge in [-0.2, -0.15) is 8.42 Å². The van der Waals surface area contributed by atoms with Crippen molar-refractivity contribution in [3.63, 3.8) is 0 Å². The normalized spacial score (nSPS) is 27.7. The third-order valence-electron chi connectivity index (χ3n) is 2.76. The molecule has 0 aromatic carbocycles. The minimum absolute atomic E-state index is 0.581. The average molecular weight is 261 g/mol. The highest BCUT2D eigenvalue weighted by atomic mass is 33.2. The summed E-state index contributed by atoms with van der Waals surface area (Å²) >= 11 is 0. The third-order valence-corrected chi connectivity index (χ3v) is 6.16. The summed E-state index contributed by atoms with van der Waals surface area (Å²) in [5, 5.41) is 0. The van der Waals surface area contributed by atoms with Gasteiger partial charge in [0, 0.05) is 35.1 Å². The van der Waals surface area contributed by atoms with E-state index in [-0.39, 0.29) is 0 Å². The van der Waals surface area contributed by atoms with Crippen LogP contribution < -0.4 is 0 Å². The highest BCUT2D eigenvalue weighted by Gasteiger charge is 2.47. The molecule has 0 amide bonds. The molecule has 1 aliphatic heterocycles. The molecule has 1 aromatic heterocycles. The average Bonchev–Trinajstić information content (AvgIpc) is 2.40. The van der Waals surface area contributed by atoms with Gasteiger partial charge in [-0.25, -0.2) is 4.18 Å². The fraction of sp³-hybridized carbons (Fsp3) is 0.600. The second-order valence-corrected chi connectivity index (χ2v) is 7.96. The highest BCUT2D eigenvalue weighted by molar-refractivity contribution is 8.73. The van der Waals surface area contributed by atoms with Crippen LogP contribution in [0, 0.1) is 13.8 Å². The zero-order valence-electron chi connectivity index (χ0n) is 9.56. The lowest BCUT2D eigenvalue weighted by atomic mass is 10.2. The van der Waals surface area contributed by atoms with E-state index in [1.54, 1.807) is 0 Å². The van der Waals surface area contributed by atoms with Gasteiger partial charge in [0.2, 0.25) is 0 Å². The zero-order valence-corrected chi connectivity index (χ0v) is 11.2. The predicted molar refractivity (Wildman–Crippen MR) is 64.5 cm³/mol. The van der Waals surface area contributed by atoms with E-state index in [2.05, 4.69) is 16.7 Å². The van der Waals surface area contributed by atoms with Crippen molar-refractivity contribution >= 4 is 19.9 Å². The first kappa shape index (κ1) is 12.0. The minimum atomic E-state index is -3.29. The van der Waals surface area contributed by atoms with Gasteiger partial charge in [-0.05, 0) is 32.9 Å². The Balaban J connectivity index is 1.99. The fourth-order valence-corrected chi connectivity index (χ4v) is 5.20. The van der Waals surface area contributed by atoms with Crippen LogP contribution in [0.5, 0.6) is 0 Å². The van der Waals surface area contributed by atoms with Crippen LogP contribution in [-0.4, -0.2) is 17.9 Å². The molecule has 0 spiro atoms. The Morgan fingerprint density at radius 2 is 1.88 bits per heavy atom. The predicted octanol–water partition coefficient (Wildman–Crippen LogP) is 2.22. The van der Waals surface area contributed by atoms with E-state index in [1.165, 1.54) is 11.4 Å². The Morgan fingerprint density at radius 3 is 2.31 bits per heavy atom. The van der Waals surface area contributed by atoms with Crippen LogP contribution in [0.25, 0.3) is 0 Å². The summed E-state index contributed by atoms with van der Waals surface area (Å²) in [5.41, 5.74) is 2.38. The third kappa shape index (κ3) is 2.28. The van der Waals surface area contributed by atoms with E-state index in [1.807, 2.05) is 20.8 Å². The van der Waals surface area contributed by atoms with Crippen molar-refractivity contribution in [1.29, 1.82) is 0 Å². The topological polar surface area (TPSA) is 48.3 Å². The molecular formula is C10H15NO3S2. The summed E-state index contributed by atoms with van der Waals surface area (Å²) in [7, 11) is -2.39. The van der Waals surface area contributed by atoms with Gasteiger partial charge < -0.3 is 4.57 Å². The van der Waals surface area contributed by atoms with Gasteiger partial charge in [-0.1, -0.05) is 0 Å². The molecule has 90 valence electrons. The van der Waals surface area contributed by atoms with E-state index >= 15 is 0 Å². The maximum absolute atomic E-state index is 10.9. The maximum atomic E-state index is 10.9. The number of rotatable bonds is 3. The van der Waals surface area contributed by atoms with Gasteiger partial charge in [0.25, 0.3) is 0 Å². The van der Waals surface area contributed by atoms with Crippen LogP contribution in [0.4, 0.5) is 0 Å². The Morgan fingerprint density at radius 1 is 1.38 bits per heavy atom. The first-order chi connectivity index (χ1) is 7.31. The first-order valence-electron chi connectivity index (χ1n) is 5.10. The van der Waals surface area contributed by atoms with Crippen molar-refractivity contribution in [3.8, 4) is 0 Å². The minimum Gasteiger partial charge on any atom is -0.349 e. The monoisotopic (exact) mass is 261 g/mol. The molecule has 1 fully saturated rings. The van der Waals surface area contributed by atoms with Gasteiger partial charge in [0.05, 0.1) is 0 Å². The molecule has 1 unspecified atom stereocenters. The molecule has 1 saturated heterocycles. The second-order valence-electron chi connectivity index (χ2n) is 4.23. The van der Waals surface area contributed by atoms with Gasteiger partial charge in [0.1, 0.15) is 4.93 Å². The zero-order chi connectivity index (χ0) is 12.0. The van der Waals surface area contributed by atoms with E-state index in [0.717, 1.165) is 17.3 Å². The molecule has 0 saturated carbocycles. The summed E-state index contributed by atoms with van der Waals surface area (Å²) in [6.45, 7) is 6.68. The molecule has 4 nitrogen and oxygen atoms in total. The molecule has 0 N–H and O–H groups in total. The lowest BCUT2D eigenvalue weighted by Gasteiger charge is -2.35. The quantitative estimate of drug-likeness (QED) is 0.783. The van der Waals surface area contributed by atoms with Gasteiger partial charge in [-0.3, -0.25) is 0 Å². The fourth-order valence-electron chi connectivity index (χ4n) is 1.89. The van der Waals surface area contributed by atoms with Crippen molar-refractivity contribution in [2.45, 2.75) is 38.7 Å². The molecule has 2 heterocycles. The Hall–Kier alpha value is -0.460. The molecule has 1 atom stereocenters. The molecule has 16 heavy (non-hydrogen) atoms. The summed E-state index contributed by atoms with van der Waals surface area (Å²) in [4.78, 5) is -0.581. The SMILES string of the molecule is Cc1ccc(C)n1CCC1(C)OS(=O)(=O)S1. The smallest absolute Gasteiger partial charge is 0.326 e. The van der Waals surface area contributed by atoms with Crippen LogP contribution in [-0.2, 0) is 19.9 Å². The number of aryl methyl sites for hydroxylation is 2. The summed E-state index contributed by atoms with van der Waals surface area (Å²) < 4.78 is 28.9. The van der Waals surface area contributed by atoms with E-state index in [4.69, 9.17) is 4.18 Å². The van der Waals surface area contributed by atoms with Crippen molar-refractivity contribution in [3.05, 3.63) is 23.5 Å². The van der Waals surface area contributed by atoms with Gasteiger partial charge in [0.15, 0.2) is 0 Å². The number of hydrogen-bond donors (Lipinski definition) is 0. The summed E-state index contributed by atoms with van der Waals surface area (Å²) in [5.74, 6) is 0. The number of nitrogens with zero attached hydrogens (tertiary/aromatic N) is 1. The van der Waals surface area contributed by atoms with Crippen LogP contribution in [0.15, 0.2) is 12.1 Å².